The number of benzene rings is 1. The van der Waals surface area contributed by atoms with Gasteiger partial charge in [0.15, 0.2) is 16.7 Å². The monoisotopic (exact) mass is 491 g/mol. The SMILES string of the molecule is CC(C)C[C@H](CO)Nc1nc(NS(C)(=O)=O)nc(SC[C@H](C)Oc2cccc(F)c2F)n1. The zero-order valence-electron chi connectivity index (χ0n) is 18.2. The van der Waals surface area contributed by atoms with Crippen molar-refractivity contribution in [2.75, 3.05) is 28.7 Å². The van der Waals surface area contributed by atoms with Crippen molar-refractivity contribution in [1.82, 2.24) is 15.0 Å². The molecular formula is C19H27F2N5O4S2. The summed E-state index contributed by atoms with van der Waals surface area (Å²) in [6.45, 7) is 5.50. The molecule has 2 rings (SSSR count). The van der Waals surface area contributed by atoms with E-state index in [0.29, 0.717) is 12.3 Å². The number of aromatic nitrogens is 3. The summed E-state index contributed by atoms with van der Waals surface area (Å²) in [7, 11) is -3.64. The molecule has 1 heterocycles. The smallest absolute Gasteiger partial charge is 0.242 e. The second-order valence-electron chi connectivity index (χ2n) is 7.58. The fraction of sp³-hybridized carbons (Fsp3) is 0.526. The second kappa shape index (κ2) is 11.6. The molecule has 0 unspecified atom stereocenters. The van der Waals surface area contributed by atoms with Gasteiger partial charge >= 0.3 is 0 Å². The Hall–Kier alpha value is -2.25. The maximum absolute atomic E-state index is 13.8. The summed E-state index contributed by atoms with van der Waals surface area (Å²) in [6.07, 6.45) is 1.07. The van der Waals surface area contributed by atoms with Crippen molar-refractivity contribution in [1.29, 1.82) is 0 Å². The van der Waals surface area contributed by atoms with E-state index in [1.54, 1.807) is 6.92 Å². The molecule has 1 aromatic carbocycles. The van der Waals surface area contributed by atoms with Gasteiger partial charge in [-0.2, -0.15) is 19.3 Å². The summed E-state index contributed by atoms with van der Waals surface area (Å²) in [4.78, 5) is 12.4. The minimum Gasteiger partial charge on any atom is -0.487 e. The molecule has 1 aromatic heterocycles. The molecule has 0 spiro atoms. The van der Waals surface area contributed by atoms with Crippen LogP contribution in [0.15, 0.2) is 23.4 Å². The van der Waals surface area contributed by atoms with Gasteiger partial charge in [-0.1, -0.05) is 31.7 Å². The Kier molecular flexibility index (Phi) is 9.40. The summed E-state index contributed by atoms with van der Waals surface area (Å²) >= 11 is 1.12. The van der Waals surface area contributed by atoms with Crippen LogP contribution in [0.1, 0.15) is 27.2 Å². The molecule has 0 aliphatic carbocycles. The van der Waals surface area contributed by atoms with Crippen LogP contribution in [0.3, 0.4) is 0 Å². The highest BCUT2D eigenvalue weighted by Gasteiger charge is 2.17. The molecule has 0 aliphatic heterocycles. The van der Waals surface area contributed by atoms with E-state index < -0.39 is 27.8 Å². The van der Waals surface area contributed by atoms with Gasteiger partial charge in [-0.05, 0) is 31.4 Å². The van der Waals surface area contributed by atoms with Gasteiger partial charge in [0.05, 0.1) is 18.9 Å². The van der Waals surface area contributed by atoms with E-state index in [9.17, 15) is 22.3 Å². The van der Waals surface area contributed by atoms with Crippen molar-refractivity contribution in [3.63, 3.8) is 0 Å². The van der Waals surface area contributed by atoms with Gasteiger partial charge in [-0.3, -0.25) is 4.72 Å². The molecule has 178 valence electrons. The van der Waals surface area contributed by atoms with Crippen LogP contribution in [0.2, 0.25) is 0 Å². The average molecular weight is 492 g/mol. The quantitative estimate of drug-likeness (QED) is 0.384. The summed E-state index contributed by atoms with van der Waals surface area (Å²) in [5.41, 5.74) is 0. The number of ether oxygens (including phenoxy) is 1. The van der Waals surface area contributed by atoms with Crippen LogP contribution in [0.4, 0.5) is 20.7 Å². The molecule has 0 saturated heterocycles. The van der Waals surface area contributed by atoms with Crippen molar-refractivity contribution >= 4 is 33.7 Å². The lowest BCUT2D eigenvalue weighted by atomic mass is 10.0. The average Bonchev–Trinajstić information content (AvgIpc) is 2.67. The standard InChI is InChI=1S/C19H27F2N5O4S2/c1-11(2)8-13(9-27)22-17-23-18(26-32(4,28)29)25-19(24-17)31-10-12(3)30-15-7-5-6-14(20)16(15)21/h5-7,11-13,27H,8-10H2,1-4H3,(H2,22,23,24,25,26)/t12-,13+/m0/s1. The lowest BCUT2D eigenvalue weighted by Gasteiger charge is -2.19. The number of hydrogen-bond donors (Lipinski definition) is 3. The molecule has 0 aliphatic rings. The number of halogens is 2. The third kappa shape index (κ3) is 8.71. The van der Waals surface area contributed by atoms with Crippen LogP contribution in [0, 0.1) is 17.6 Å². The first-order valence-corrected chi connectivity index (χ1v) is 12.7. The molecule has 0 saturated carbocycles. The zero-order valence-corrected chi connectivity index (χ0v) is 19.8. The van der Waals surface area contributed by atoms with Gasteiger partial charge in [0, 0.05) is 5.75 Å². The molecule has 2 aromatic rings. The highest BCUT2D eigenvalue weighted by atomic mass is 32.2. The van der Waals surface area contributed by atoms with E-state index in [0.717, 1.165) is 24.1 Å². The number of aliphatic hydroxyl groups excluding tert-OH is 1. The first-order chi connectivity index (χ1) is 15.0. The lowest BCUT2D eigenvalue weighted by Crippen LogP contribution is -2.27. The summed E-state index contributed by atoms with van der Waals surface area (Å²) in [6, 6.07) is 3.33. The van der Waals surface area contributed by atoms with Crippen molar-refractivity contribution in [2.45, 2.75) is 44.5 Å². The number of rotatable bonds is 12. The molecule has 0 amide bonds. The largest absolute Gasteiger partial charge is 0.487 e. The Morgan fingerprint density at radius 1 is 1.16 bits per heavy atom. The zero-order chi connectivity index (χ0) is 23.9. The van der Waals surface area contributed by atoms with E-state index in [2.05, 4.69) is 25.0 Å². The molecule has 13 heteroatoms. The topological polar surface area (TPSA) is 126 Å². The number of nitrogens with one attached hydrogen (secondary N) is 2. The third-order valence-electron chi connectivity index (χ3n) is 3.89. The van der Waals surface area contributed by atoms with Crippen LogP contribution >= 0.6 is 11.8 Å². The number of hydrogen-bond acceptors (Lipinski definition) is 9. The van der Waals surface area contributed by atoms with Crippen LogP contribution in [0.5, 0.6) is 5.75 Å². The van der Waals surface area contributed by atoms with Crippen molar-refractivity contribution < 1.29 is 27.0 Å². The van der Waals surface area contributed by atoms with Gasteiger partial charge in [0.25, 0.3) is 0 Å². The second-order valence-corrected chi connectivity index (χ2v) is 10.3. The number of thioether (sulfide) groups is 1. The maximum atomic E-state index is 13.8. The minimum absolute atomic E-state index is 0.0955. The van der Waals surface area contributed by atoms with Gasteiger partial charge < -0.3 is 15.2 Å². The maximum Gasteiger partial charge on any atom is 0.242 e. The predicted molar refractivity (Wildman–Crippen MR) is 119 cm³/mol. The van der Waals surface area contributed by atoms with Gasteiger partial charge in [-0.25, -0.2) is 12.8 Å². The van der Waals surface area contributed by atoms with Crippen molar-refractivity contribution in [2.24, 2.45) is 5.92 Å². The van der Waals surface area contributed by atoms with Gasteiger partial charge in [0.1, 0.15) is 6.10 Å². The predicted octanol–water partition coefficient (Wildman–Crippen LogP) is 2.90. The normalized spacial score (nSPS) is 13.6. The fourth-order valence-electron chi connectivity index (χ4n) is 2.65. The molecule has 2 atom stereocenters. The van der Waals surface area contributed by atoms with Crippen LogP contribution in [-0.4, -0.2) is 59.2 Å². The number of aliphatic hydroxyl groups is 1. The Morgan fingerprint density at radius 2 is 1.84 bits per heavy atom. The van der Waals surface area contributed by atoms with Gasteiger partial charge in [-0.15, -0.1) is 0 Å². The first kappa shape index (κ1) is 26.0. The molecule has 9 nitrogen and oxygen atoms in total. The van der Waals surface area contributed by atoms with E-state index >= 15 is 0 Å². The summed E-state index contributed by atoms with van der Waals surface area (Å²) in [5.74, 6) is -1.83. The minimum atomic E-state index is -3.64. The Morgan fingerprint density at radius 3 is 2.47 bits per heavy atom. The van der Waals surface area contributed by atoms with E-state index in [1.807, 2.05) is 13.8 Å². The van der Waals surface area contributed by atoms with Crippen molar-refractivity contribution in [3.05, 3.63) is 29.8 Å². The molecule has 0 bridgehead atoms. The highest BCUT2D eigenvalue weighted by Crippen LogP contribution is 2.24. The lowest BCUT2D eigenvalue weighted by molar-refractivity contribution is 0.232. The third-order valence-corrected chi connectivity index (χ3v) is 5.52. The van der Waals surface area contributed by atoms with Gasteiger partial charge in [0.2, 0.25) is 27.7 Å². The Bertz CT molecular complexity index is 1010. The summed E-state index contributed by atoms with van der Waals surface area (Å²) < 4.78 is 58.0. The first-order valence-electron chi connectivity index (χ1n) is 9.81. The van der Waals surface area contributed by atoms with Crippen LogP contribution in [0.25, 0.3) is 0 Å². The Balaban J connectivity index is 2.15. The molecule has 0 radical (unpaired) electrons. The molecular weight excluding hydrogens is 464 g/mol. The van der Waals surface area contributed by atoms with Crippen LogP contribution < -0.4 is 14.8 Å². The fourth-order valence-corrected chi connectivity index (χ4v) is 3.82. The number of anilines is 2. The molecule has 32 heavy (non-hydrogen) atoms. The highest BCUT2D eigenvalue weighted by molar-refractivity contribution is 7.99. The van der Waals surface area contributed by atoms with Crippen molar-refractivity contribution in [3.8, 4) is 5.75 Å². The number of sulfonamides is 1. The molecule has 0 fully saturated rings. The number of nitrogens with zero attached hydrogens (tertiary/aromatic N) is 3. The van der Waals surface area contributed by atoms with E-state index in [4.69, 9.17) is 4.74 Å². The van der Waals surface area contributed by atoms with E-state index in [1.165, 1.54) is 12.1 Å². The summed E-state index contributed by atoms with van der Waals surface area (Å²) in [5, 5.41) is 12.8. The van der Waals surface area contributed by atoms with E-state index in [-0.39, 0.29) is 41.2 Å². The van der Waals surface area contributed by atoms with Crippen LogP contribution in [-0.2, 0) is 10.0 Å². The Labute approximate surface area is 190 Å². The molecule has 3 N–H and O–H groups in total.